The molecule has 0 spiro atoms. The van der Waals surface area contributed by atoms with Gasteiger partial charge >= 0.3 is 5.97 Å². The molecule has 1 aromatic heterocycles. The molecule has 0 fully saturated rings. The normalized spacial score (nSPS) is 9.17. The molecule has 18 heavy (non-hydrogen) atoms. The second kappa shape index (κ2) is 8.94. The van der Waals surface area contributed by atoms with E-state index in [1.165, 1.54) is 11.8 Å². The minimum absolute atomic E-state index is 0.0261. The van der Waals surface area contributed by atoms with E-state index in [9.17, 15) is 4.79 Å². The van der Waals surface area contributed by atoms with Crippen LogP contribution in [-0.2, 0) is 4.74 Å². The Kier molecular flexibility index (Phi) is 8.41. The van der Waals surface area contributed by atoms with Gasteiger partial charge in [-0.3, -0.25) is 0 Å². The molecule has 4 nitrogen and oxygen atoms in total. The minimum atomic E-state index is -0.574. The molecule has 0 unspecified atom stereocenters. The smallest absolute Gasteiger partial charge is 0.376 e. The predicted molar refractivity (Wildman–Crippen MR) is 76.2 cm³/mol. The highest BCUT2D eigenvalue weighted by Crippen LogP contribution is 2.25. The largest absolute Gasteiger partial charge is 0.460 e. The van der Waals surface area contributed by atoms with Crippen LogP contribution < -0.4 is 0 Å². The van der Waals surface area contributed by atoms with Gasteiger partial charge in [-0.1, -0.05) is 38.1 Å². The van der Waals surface area contributed by atoms with E-state index in [0.29, 0.717) is 10.6 Å². The first-order chi connectivity index (χ1) is 8.63. The van der Waals surface area contributed by atoms with Crippen LogP contribution in [-0.4, -0.2) is 28.8 Å². The third kappa shape index (κ3) is 4.31. The molecule has 1 rings (SSSR count). The zero-order valence-electron chi connectivity index (χ0n) is 11.0. The van der Waals surface area contributed by atoms with Crippen molar-refractivity contribution in [2.24, 2.45) is 0 Å². The molecule has 1 aromatic rings. The lowest BCUT2D eigenvalue weighted by Crippen LogP contribution is -2.11. The zero-order valence-corrected chi connectivity index (χ0v) is 12.6. The van der Waals surface area contributed by atoms with E-state index in [4.69, 9.17) is 16.3 Å². The van der Waals surface area contributed by atoms with Crippen LogP contribution in [0.1, 0.15) is 37.0 Å². The van der Waals surface area contributed by atoms with E-state index in [1.54, 1.807) is 13.0 Å². The Bertz CT molecular complexity index is 425. The Morgan fingerprint density at radius 2 is 2.11 bits per heavy atom. The van der Waals surface area contributed by atoms with Gasteiger partial charge in [-0.25, -0.2) is 14.8 Å². The molecule has 0 saturated carbocycles. The Morgan fingerprint density at radius 1 is 1.50 bits per heavy atom. The van der Waals surface area contributed by atoms with Gasteiger partial charge in [0, 0.05) is 5.56 Å². The Labute approximate surface area is 117 Å². The molecule has 0 amide bonds. The highest BCUT2D eigenvalue weighted by molar-refractivity contribution is 7.98. The van der Waals surface area contributed by atoms with Crippen molar-refractivity contribution in [3.05, 3.63) is 23.1 Å². The fraction of sp³-hybridized carbons (Fsp3) is 0.417. The second-order valence-electron chi connectivity index (χ2n) is 2.69. The number of esters is 1. The van der Waals surface area contributed by atoms with Crippen LogP contribution >= 0.6 is 23.4 Å². The van der Waals surface area contributed by atoms with E-state index < -0.39 is 5.97 Å². The van der Waals surface area contributed by atoms with Crippen molar-refractivity contribution in [1.82, 2.24) is 9.97 Å². The van der Waals surface area contributed by atoms with Crippen LogP contribution in [0.15, 0.2) is 11.6 Å². The molecule has 0 aliphatic rings. The fourth-order valence-electron chi connectivity index (χ4n) is 1.04. The highest BCUT2D eigenvalue weighted by atomic mass is 35.5. The van der Waals surface area contributed by atoms with Crippen molar-refractivity contribution in [3.8, 4) is 0 Å². The lowest BCUT2D eigenvalue weighted by Gasteiger charge is -2.06. The number of carbonyl (C=O) groups excluding carboxylic acids is 1. The number of aromatic nitrogens is 2. The third-order valence-corrected chi connectivity index (χ3v) is 2.71. The molecule has 0 aromatic carbocycles. The SMILES string of the molecule is C=Cc1c(Cl)nc(C(=O)OCC)nc1SC.CC. The van der Waals surface area contributed by atoms with Crippen molar-refractivity contribution < 1.29 is 9.53 Å². The maximum atomic E-state index is 11.4. The maximum absolute atomic E-state index is 11.4. The molecule has 0 radical (unpaired) electrons. The van der Waals surface area contributed by atoms with Gasteiger partial charge in [0.2, 0.25) is 5.82 Å². The Balaban J connectivity index is 0.00000137. The summed E-state index contributed by atoms with van der Waals surface area (Å²) in [5, 5.41) is 0.815. The van der Waals surface area contributed by atoms with E-state index in [0.717, 1.165) is 0 Å². The van der Waals surface area contributed by atoms with Gasteiger partial charge in [-0.15, -0.1) is 11.8 Å². The van der Waals surface area contributed by atoms with Gasteiger partial charge in [0.05, 0.1) is 6.61 Å². The van der Waals surface area contributed by atoms with Crippen LogP contribution in [0.2, 0.25) is 5.15 Å². The van der Waals surface area contributed by atoms with E-state index in [-0.39, 0.29) is 17.6 Å². The van der Waals surface area contributed by atoms with Crippen molar-refractivity contribution >= 4 is 35.4 Å². The average molecular weight is 289 g/mol. The molecule has 6 heteroatoms. The van der Waals surface area contributed by atoms with Crippen LogP contribution in [0.5, 0.6) is 0 Å². The molecule has 100 valence electrons. The van der Waals surface area contributed by atoms with Gasteiger partial charge in [-0.2, -0.15) is 0 Å². The molecule has 1 heterocycles. The standard InChI is InChI=1S/C10H11ClN2O2S.C2H6/c1-4-6-7(11)12-8(10(14)15-5-2)13-9(6)16-3;1-2/h4H,1,5H2,2-3H3;1-2H3. The topological polar surface area (TPSA) is 52.1 Å². The first kappa shape index (κ1) is 16.9. The number of hydrogen-bond donors (Lipinski definition) is 0. The summed E-state index contributed by atoms with van der Waals surface area (Å²) in [6, 6.07) is 0. The van der Waals surface area contributed by atoms with Gasteiger partial charge in [0.25, 0.3) is 0 Å². The Hall–Kier alpha value is -1.07. The summed E-state index contributed by atoms with van der Waals surface area (Å²) >= 11 is 7.28. The minimum Gasteiger partial charge on any atom is -0.460 e. The molecule has 0 bridgehead atoms. The molecular formula is C12H17ClN2O2S. The Morgan fingerprint density at radius 3 is 2.56 bits per heavy atom. The van der Waals surface area contributed by atoms with Gasteiger partial charge in [0.1, 0.15) is 10.2 Å². The van der Waals surface area contributed by atoms with Crippen molar-refractivity contribution in [2.45, 2.75) is 25.8 Å². The van der Waals surface area contributed by atoms with Gasteiger partial charge in [-0.05, 0) is 13.2 Å². The summed E-state index contributed by atoms with van der Waals surface area (Å²) < 4.78 is 4.80. The fourth-order valence-corrected chi connectivity index (χ4v) is 1.92. The molecule has 0 aliphatic heterocycles. The maximum Gasteiger partial charge on any atom is 0.376 e. The monoisotopic (exact) mass is 288 g/mol. The number of carbonyl (C=O) groups is 1. The quantitative estimate of drug-likeness (QED) is 0.480. The van der Waals surface area contributed by atoms with Crippen LogP contribution in [0.25, 0.3) is 6.08 Å². The second-order valence-corrected chi connectivity index (χ2v) is 3.84. The summed E-state index contributed by atoms with van der Waals surface area (Å²) in [4.78, 5) is 19.4. The number of hydrogen-bond acceptors (Lipinski definition) is 5. The summed E-state index contributed by atoms with van der Waals surface area (Å²) in [6.45, 7) is 9.61. The molecule has 0 saturated heterocycles. The predicted octanol–water partition coefficient (Wildman–Crippen LogP) is 3.70. The molecular weight excluding hydrogens is 272 g/mol. The summed E-state index contributed by atoms with van der Waals surface area (Å²) in [7, 11) is 0. The first-order valence-electron chi connectivity index (χ1n) is 5.55. The number of nitrogens with zero attached hydrogens (tertiary/aromatic N) is 2. The highest BCUT2D eigenvalue weighted by Gasteiger charge is 2.16. The van der Waals surface area contributed by atoms with Crippen molar-refractivity contribution in [1.29, 1.82) is 0 Å². The van der Waals surface area contributed by atoms with Crippen LogP contribution in [0.3, 0.4) is 0 Å². The zero-order chi connectivity index (χ0) is 14.1. The number of thioether (sulfide) groups is 1. The van der Waals surface area contributed by atoms with Gasteiger partial charge < -0.3 is 4.74 Å². The number of halogens is 1. The molecule has 0 aliphatic carbocycles. The molecule has 0 N–H and O–H groups in total. The van der Waals surface area contributed by atoms with E-state index >= 15 is 0 Å². The number of rotatable bonds is 4. The third-order valence-electron chi connectivity index (χ3n) is 1.72. The average Bonchev–Trinajstić information content (AvgIpc) is 2.40. The lowest BCUT2D eigenvalue weighted by atomic mass is 10.3. The van der Waals surface area contributed by atoms with Crippen LogP contribution in [0.4, 0.5) is 0 Å². The summed E-state index contributed by atoms with van der Waals surface area (Å²) in [5.41, 5.74) is 0.627. The number of ether oxygens (including phenoxy) is 1. The summed E-state index contributed by atoms with van der Waals surface area (Å²) in [6.07, 6.45) is 3.39. The first-order valence-corrected chi connectivity index (χ1v) is 7.15. The van der Waals surface area contributed by atoms with Crippen LogP contribution in [0, 0.1) is 0 Å². The van der Waals surface area contributed by atoms with Crippen molar-refractivity contribution in [2.75, 3.05) is 12.9 Å². The van der Waals surface area contributed by atoms with E-state index in [1.807, 2.05) is 20.1 Å². The lowest BCUT2D eigenvalue weighted by molar-refractivity contribution is 0.0511. The molecule has 0 atom stereocenters. The van der Waals surface area contributed by atoms with Gasteiger partial charge in [0.15, 0.2) is 0 Å². The summed E-state index contributed by atoms with van der Waals surface area (Å²) in [5.74, 6) is -0.600. The van der Waals surface area contributed by atoms with Crippen molar-refractivity contribution in [3.63, 3.8) is 0 Å². The van der Waals surface area contributed by atoms with E-state index in [2.05, 4.69) is 16.5 Å².